The lowest BCUT2D eigenvalue weighted by molar-refractivity contribution is 0.189. The molecule has 1 aliphatic heterocycles. The fourth-order valence-electron chi connectivity index (χ4n) is 4.60. The molecular formula is C23H38N4O. The minimum atomic E-state index is 0.0826. The average Bonchev–Trinajstić information content (AvgIpc) is 2.93. The van der Waals surface area contributed by atoms with Crippen LogP contribution in [0.4, 0.5) is 4.79 Å². The first-order chi connectivity index (χ1) is 13.6. The quantitative estimate of drug-likeness (QED) is 0.813. The zero-order chi connectivity index (χ0) is 19.8. The molecule has 1 saturated heterocycles. The Morgan fingerprint density at radius 2 is 1.75 bits per heavy atom. The molecule has 2 fully saturated rings. The molecule has 5 nitrogen and oxygen atoms in total. The van der Waals surface area contributed by atoms with Crippen molar-refractivity contribution in [3.05, 3.63) is 35.4 Å². The van der Waals surface area contributed by atoms with Gasteiger partial charge in [-0.3, -0.25) is 0 Å². The minimum Gasteiger partial charge on any atom is -0.334 e. The summed E-state index contributed by atoms with van der Waals surface area (Å²) in [5, 5.41) is 3.16. The highest BCUT2D eigenvalue weighted by molar-refractivity contribution is 5.74. The summed E-state index contributed by atoms with van der Waals surface area (Å²) in [4.78, 5) is 19.5. The van der Waals surface area contributed by atoms with Crippen LogP contribution < -0.4 is 5.32 Å². The Kier molecular flexibility index (Phi) is 8.16. The number of urea groups is 1. The number of nitrogens with zero attached hydrogens (tertiary/aromatic N) is 3. The van der Waals surface area contributed by atoms with E-state index in [1.165, 1.54) is 49.8 Å². The summed E-state index contributed by atoms with van der Waals surface area (Å²) in [7, 11) is 4.15. The fraction of sp³-hybridized carbons (Fsp3) is 0.696. The van der Waals surface area contributed by atoms with Crippen LogP contribution in [0.1, 0.15) is 49.7 Å². The zero-order valence-corrected chi connectivity index (χ0v) is 17.8. The molecule has 1 aromatic carbocycles. The van der Waals surface area contributed by atoms with Crippen LogP contribution in [0.2, 0.25) is 0 Å². The molecule has 0 radical (unpaired) electrons. The van der Waals surface area contributed by atoms with Gasteiger partial charge in [-0.2, -0.15) is 0 Å². The third-order valence-electron chi connectivity index (χ3n) is 6.15. The summed E-state index contributed by atoms with van der Waals surface area (Å²) in [5.41, 5.74) is 2.49. The Hall–Kier alpha value is -1.59. The number of carbonyl (C=O) groups is 1. The van der Waals surface area contributed by atoms with Crippen LogP contribution in [0.5, 0.6) is 0 Å². The number of rotatable bonds is 6. The van der Waals surface area contributed by atoms with Gasteiger partial charge in [0.2, 0.25) is 0 Å². The van der Waals surface area contributed by atoms with E-state index in [9.17, 15) is 4.79 Å². The van der Waals surface area contributed by atoms with Gasteiger partial charge in [0.1, 0.15) is 0 Å². The van der Waals surface area contributed by atoms with Crippen LogP contribution in [0.25, 0.3) is 0 Å². The van der Waals surface area contributed by atoms with Crippen molar-refractivity contribution in [1.82, 2.24) is 20.0 Å². The number of benzene rings is 1. The van der Waals surface area contributed by atoms with E-state index in [1.54, 1.807) is 0 Å². The normalized spacial score (nSPS) is 19.6. The third-order valence-corrected chi connectivity index (χ3v) is 6.15. The molecular weight excluding hydrogens is 348 g/mol. The van der Waals surface area contributed by atoms with Gasteiger partial charge < -0.3 is 20.0 Å². The molecule has 0 spiro atoms. The van der Waals surface area contributed by atoms with Crippen LogP contribution in [0.3, 0.4) is 0 Å². The van der Waals surface area contributed by atoms with Crippen molar-refractivity contribution in [1.29, 1.82) is 0 Å². The van der Waals surface area contributed by atoms with Gasteiger partial charge in [0, 0.05) is 39.3 Å². The van der Waals surface area contributed by atoms with Gasteiger partial charge in [-0.05, 0) is 56.9 Å². The summed E-state index contributed by atoms with van der Waals surface area (Å²) in [5.74, 6) is 0.877. The average molecular weight is 387 g/mol. The second-order valence-electron chi connectivity index (χ2n) is 8.81. The lowest BCUT2D eigenvalue weighted by atomic mass is 9.89. The predicted octanol–water partition coefficient (Wildman–Crippen LogP) is 3.55. The molecule has 1 saturated carbocycles. The topological polar surface area (TPSA) is 38.8 Å². The van der Waals surface area contributed by atoms with Crippen LogP contribution >= 0.6 is 0 Å². The van der Waals surface area contributed by atoms with Gasteiger partial charge >= 0.3 is 6.03 Å². The standard InChI is InChI=1S/C23H38N4O/c1-25(2)19-22-12-7-6-11-21(22)17-24-23(28)27-14-8-13-26(15-16-27)18-20-9-4-3-5-10-20/h6-7,11-12,20H,3-5,8-10,13-19H2,1-2H3,(H,24,28). The molecule has 5 heteroatoms. The summed E-state index contributed by atoms with van der Waals surface area (Å²) in [6, 6.07) is 8.47. The Morgan fingerprint density at radius 3 is 2.50 bits per heavy atom. The van der Waals surface area contributed by atoms with E-state index in [2.05, 4.69) is 53.5 Å². The molecule has 156 valence electrons. The monoisotopic (exact) mass is 386 g/mol. The molecule has 2 aliphatic rings. The van der Waals surface area contributed by atoms with E-state index >= 15 is 0 Å². The van der Waals surface area contributed by atoms with Gasteiger partial charge in [-0.25, -0.2) is 4.79 Å². The second-order valence-corrected chi connectivity index (χ2v) is 8.81. The predicted molar refractivity (Wildman–Crippen MR) is 115 cm³/mol. The maximum atomic E-state index is 12.7. The van der Waals surface area contributed by atoms with Crippen molar-refractivity contribution in [2.45, 2.75) is 51.6 Å². The maximum absolute atomic E-state index is 12.7. The van der Waals surface area contributed by atoms with Crippen molar-refractivity contribution in [2.75, 3.05) is 46.8 Å². The lowest BCUT2D eigenvalue weighted by Gasteiger charge is -2.28. The first-order valence-corrected chi connectivity index (χ1v) is 11.1. The Balaban J connectivity index is 1.46. The van der Waals surface area contributed by atoms with Crippen molar-refractivity contribution < 1.29 is 4.79 Å². The van der Waals surface area contributed by atoms with Crippen LogP contribution in [-0.2, 0) is 13.1 Å². The molecule has 0 bridgehead atoms. The van der Waals surface area contributed by atoms with Crippen LogP contribution in [0.15, 0.2) is 24.3 Å². The Morgan fingerprint density at radius 1 is 1.00 bits per heavy atom. The molecule has 28 heavy (non-hydrogen) atoms. The largest absolute Gasteiger partial charge is 0.334 e. The van der Waals surface area contributed by atoms with Gasteiger partial charge in [0.25, 0.3) is 0 Å². The van der Waals surface area contributed by atoms with E-state index < -0.39 is 0 Å². The maximum Gasteiger partial charge on any atom is 0.317 e. The number of hydrogen-bond acceptors (Lipinski definition) is 3. The fourth-order valence-corrected chi connectivity index (χ4v) is 4.60. The summed E-state index contributed by atoms with van der Waals surface area (Å²) in [6.45, 7) is 6.59. The SMILES string of the molecule is CN(C)Cc1ccccc1CNC(=O)N1CCCN(CC2CCCCC2)CC1. The first-order valence-electron chi connectivity index (χ1n) is 11.1. The number of nitrogens with one attached hydrogen (secondary N) is 1. The molecule has 0 unspecified atom stereocenters. The van der Waals surface area contributed by atoms with Crippen LogP contribution in [-0.4, -0.2) is 67.5 Å². The second kappa shape index (κ2) is 10.8. The molecule has 0 aromatic heterocycles. The number of carbonyl (C=O) groups excluding carboxylic acids is 1. The van der Waals surface area contributed by atoms with Gasteiger partial charge in [-0.1, -0.05) is 43.5 Å². The highest BCUT2D eigenvalue weighted by Gasteiger charge is 2.22. The van der Waals surface area contributed by atoms with Gasteiger partial charge in [-0.15, -0.1) is 0 Å². The Labute approximate surface area is 171 Å². The van der Waals surface area contributed by atoms with Crippen molar-refractivity contribution in [2.24, 2.45) is 5.92 Å². The van der Waals surface area contributed by atoms with E-state index in [1.807, 2.05) is 4.90 Å². The molecule has 1 N–H and O–H groups in total. The third kappa shape index (κ3) is 6.49. The minimum absolute atomic E-state index is 0.0826. The molecule has 3 rings (SSSR count). The lowest BCUT2D eigenvalue weighted by Crippen LogP contribution is -2.42. The smallest absolute Gasteiger partial charge is 0.317 e. The van der Waals surface area contributed by atoms with E-state index in [-0.39, 0.29) is 6.03 Å². The molecule has 2 amide bonds. The van der Waals surface area contributed by atoms with Crippen molar-refractivity contribution in [3.63, 3.8) is 0 Å². The Bertz CT molecular complexity index is 612. The van der Waals surface area contributed by atoms with Gasteiger partial charge in [0.05, 0.1) is 0 Å². The highest BCUT2D eigenvalue weighted by atomic mass is 16.2. The summed E-state index contributed by atoms with van der Waals surface area (Å²) in [6.07, 6.45) is 8.10. The van der Waals surface area contributed by atoms with E-state index in [0.717, 1.165) is 45.1 Å². The number of amides is 2. The molecule has 1 heterocycles. The zero-order valence-electron chi connectivity index (χ0n) is 17.8. The van der Waals surface area contributed by atoms with Gasteiger partial charge in [0.15, 0.2) is 0 Å². The van der Waals surface area contributed by atoms with Crippen molar-refractivity contribution >= 4 is 6.03 Å². The summed E-state index contributed by atoms with van der Waals surface area (Å²) < 4.78 is 0. The highest BCUT2D eigenvalue weighted by Crippen LogP contribution is 2.24. The van der Waals surface area contributed by atoms with Crippen LogP contribution in [0, 0.1) is 5.92 Å². The first kappa shape index (κ1) is 21.1. The number of hydrogen-bond donors (Lipinski definition) is 1. The van der Waals surface area contributed by atoms with E-state index in [4.69, 9.17) is 0 Å². The molecule has 0 atom stereocenters. The van der Waals surface area contributed by atoms with Crippen molar-refractivity contribution in [3.8, 4) is 0 Å². The molecule has 1 aliphatic carbocycles. The summed E-state index contributed by atoms with van der Waals surface area (Å²) >= 11 is 0. The van der Waals surface area contributed by atoms with E-state index in [0.29, 0.717) is 6.54 Å². The molecule has 1 aromatic rings.